The Bertz CT molecular complexity index is 1210. The van der Waals surface area contributed by atoms with Gasteiger partial charge in [-0.05, 0) is 36.8 Å². The normalized spacial score (nSPS) is 11.1. The number of hydrogen-bond donors (Lipinski definition) is 1. The first-order valence-electron chi connectivity index (χ1n) is 8.42. The molecule has 0 aliphatic heterocycles. The van der Waals surface area contributed by atoms with Gasteiger partial charge in [0.15, 0.2) is 0 Å². The molecule has 4 aromatic rings. The van der Waals surface area contributed by atoms with E-state index in [4.69, 9.17) is 13.6 Å². The highest BCUT2D eigenvalue weighted by Crippen LogP contribution is 2.33. The number of para-hydroxylation sites is 1. The van der Waals surface area contributed by atoms with Crippen LogP contribution in [0.3, 0.4) is 0 Å². The van der Waals surface area contributed by atoms with E-state index in [-0.39, 0.29) is 5.75 Å². The lowest BCUT2D eigenvalue weighted by Gasteiger charge is -2.07. The maximum absolute atomic E-state index is 11.9. The maximum Gasteiger partial charge on any atom is 0.336 e. The number of benzene rings is 2. The zero-order chi connectivity index (χ0) is 19.7. The SMILES string of the molecule is COc1ccccc1-c1nnc(SCc2cc(=O)oc3c(C)c(O)ccc23)o1. The molecule has 4 rings (SSSR count). The molecule has 2 aromatic carbocycles. The lowest BCUT2D eigenvalue weighted by Crippen LogP contribution is -2.01. The number of phenolic OH excluding ortho intramolecular Hbond substituents is 1. The molecule has 0 saturated carbocycles. The fourth-order valence-electron chi connectivity index (χ4n) is 2.87. The van der Waals surface area contributed by atoms with E-state index >= 15 is 0 Å². The molecular weight excluding hydrogens is 380 g/mol. The molecule has 0 saturated heterocycles. The van der Waals surface area contributed by atoms with Crippen LogP contribution < -0.4 is 10.4 Å². The lowest BCUT2D eigenvalue weighted by atomic mass is 10.1. The van der Waals surface area contributed by atoms with Crippen molar-refractivity contribution >= 4 is 22.7 Å². The van der Waals surface area contributed by atoms with Gasteiger partial charge in [-0.2, -0.15) is 0 Å². The third-order valence-corrected chi connectivity index (χ3v) is 5.18. The summed E-state index contributed by atoms with van der Waals surface area (Å²) >= 11 is 1.31. The molecule has 0 aliphatic rings. The predicted octanol–water partition coefficient (Wildman–Crippen LogP) is 4.16. The first-order chi connectivity index (χ1) is 13.6. The van der Waals surface area contributed by atoms with Crippen LogP contribution >= 0.6 is 11.8 Å². The summed E-state index contributed by atoms with van der Waals surface area (Å²) < 4.78 is 16.3. The highest BCUT2D eigenvalue weighted by atomic mass is 32.2. The number of hydrogen-bond acceptors (Lipinski definition) is 8. The van der Waals surface area contributed by atoms with Crippen LogP contribution in [0.2, 0.25) is 0 Å². The molecule has 8 heteroatoms. The summed E-state index contributed by atoms with van der Waals surface area (Å²) in [6, 6.07) is 12.1. The van der Waals surface area contributed by atoms with E-state index in [1.165, 1.54) is 17.8 Å². The average Bonchev–Trinajstić information content (AvgIpc) is 3.18. The van der Waals surface area contributed by atoms with Crippen molar-refractivity contribution < 1.29 is 18.7 Å². The molecule has 7 nitrogen and oxygen atoms in total. The van der Waals surface area contributed by atoms with Crippen molar-refractivity contribution in [1.82, 2.24) is 10.2 Å². The number of aryl methyl sites for hydroxylation is 1. The first kappa shape index (κ1) is 18.1. The molecule has 142 valence electrons. The zero-order valence-corrected chi connectivity index (χ0v) is 15.9. The number of ether oxygens (including phenoxy) is 1. The van der Waals surface area contributed by atoms with E-state index in [0.717, 1.165) is 10.9 Å². The Labute approximate surface area is 164 Å². The molecule has 0 aliphatic carbocycles. The van der Waals surface area contributed by atoms with Crippen LogP contribution in [0.1, 0.15) is 11.1 Å². The van der Waals surface area contributed by atoms with Crippen molar-refractivity contribution in [2.45, 2.75) is 17.9 Å². The van der Waals surface area contributed by atoms with Crippen molar-refractivity contribution in [1.29, 1.82) is 0 Å². The van der Waals surface area contributed by atoms with E-state index < -0.39 is 5.63 Å². The second-order valence-corrected chi connectivity index (χ2v) is 6.97. The van der Waals surface area contributed by atoms with Gasteiger partial charge in [-0.15, -0.1) is 10.2 Å². The van der Waals surface area contributed by atoms with Gasteiger partial charge >= 0.3 is 5.63 Å². The summed E-state index contributed by atoms with van der Waals surface area (Å²) in [6.07, 6.45) is 0. The van der Waals surface area contributed by atoms with Gasteiger partial charge in [0.25, 0.3) is 11.1 Å². The monoisotopic (exact) mass is 396 g/mol. The quantitative estimate of drug-likeness (QED) is 0.397. The molecule has 0 fully saturated rings. The second kappa shape index (κ2) is 7.40. The van der Waals surface area contributed by atoms with Gasteiger partial charge < -0.3 is 18.7 Å². The smallest absolute Gasteiger partial charge is 0.336 e. The van der Waals surface area contributed by atoms with Gasteiger partial charge in [-0.3, -0.25) is 0 Å². The van der Waals surface area contributed by atoms with Gasteiger partial charge in [0, 0.05) is 22.8 Å². The molecule has 0 spiro atoms. The van der Waals surface area contributed by atoms with E-state index in [1.807, 2.05) is 24.3 Å². The Morgan fingerprint density at radius 2 is 1.96 bits per heavy atom. The topological polar surface area (TPSA) is 98.6 Å². The zero-order valence-electron chi connectivity index (χ0n) is 15.1. The predicted molar refractivity (Wildman–Crippen MR) is 105 cm³/mol. The number of rotatable bonds is 5. The molecule has 2 heterocycles. The van der Waals surface area contributed by atoms with Crippen LogP contribution in [0.5, 0.6) is 11.5 Å². The van der Waals surface area contributed by atoms with Gasteiger partial charge in [0.05, 0.1) is 12.7 Å². The number of nitrogens with zero attached hydrogens (tertiary/aromatic N) is 2. The van der Waals surface area contributed by atoms with E-state index in [2.05, 4.69) is 10.2 Å². The minimum atomic E-state index is -0.475. The summed E-state index contributed by atoms with van der Waals surface area (Å²) in [7, 11) is 1.58. The third-order valence-electron chi connectivity index (χ3n) is 4.31. The van der Waals surface area contributed by atoms with E-state index in [9.17, 15) is 9.90 Å². The molecule has 0 amide bonds. The summed E-state index contributed by atoms with van der Waals surface area (Å²) in [5, 5.41) is 19.1. The highest BCUT2D eigenvalue weighted by molar-refractivity contribution is 7.98. The van der Waals surface area contributed by atoms with Gasteiger partial charge in [-0.1, -0.05) is 23.9 Å². The number of aromatic nitrogens is 2. The van der Waals surface area contributed by atoms with Gasteiger partial charge in [-0.25, -0.2) is 4.79 Å². The third kappa shape index (κ3) is 3.34. The summed E-state index contributed by atoms with van der Waals surface area (Å²) in [4.78, 5) is 11.9. The highest BCUT2D eigenvalue weighted by Gasteiger charge is 2.15. The fraction of sp³-hybridized carbons (Fsp3) is 0.150. The van der Waals surface area contributed by atoms with Crippen LogP contribution in [-0.4, -0.2) is 22.4 Å². The maximum atomic E-state index is 11.9. The summed E-state index contributed by atoms with van der Waals surface area (Å²) in [6.45, 7) is 1.70. The molecule has 0 atom stereocenters. The second-order valence-electron chi connectivity index (χ2n) is 6.04. The Hall–Kier alpha value is -3.26. The van der Waals surface area contributed by atoms with E-state index in [1.54, 1.807) is 26.2 Å². The number of aromatic hydroxyl groups is 1. The van der Waals surface area contributed by atoms with Crippen molar-refractivity contribution in [3.8, 4) is 23.0 Å². The van der Waals surface area contributed by atoms with Crippen LogP contribution in [0, 0.1) is 6.92 Å². The Balaban J connectivity index is 1.62. The molecule has 1 N–H and O–H groups in total. The Morgan fingerprint density at radius 3 is 2.79 bits per heavy atom. The number of phenols is 1. The Kier molecular flexibility index (Phi) is 4.79. The van der Waals surface area contributed by atoms with Crippen molar-refractivity contribution in [2.75, 3.05) is 7.11 Å². The average molecular weight is 396 g/mol. The largest absolute Gasteiger partial charge is 0.508 e. The molecular formula is C20H16N2O5S. The van der Waals surface area contributed by atoms with Crippen LogP contribution in [0.25, 0.3) is 22.4 Å². The van der Waals surface area contributed by atoms with Gasteiger partial charge in [0.2, 0.25) is 0 Å². The molecule has 0 unspecified atom stereocenters. The Morgan fingerprint density at radius 1 is 1.14 bits per heavy atom. The van der Waals surface area contributed by atoms with Crippen LogP contribution in [0.4, 0.5) is 0 Å². The molecule has 2 aromatic heterocycles. The lowest BCUT2D eigenvalue weighted by molar-refractivity contribution is 0.411. The summed E-state index contributed by atoms with van der Waals surface area (Å²) in [5.74, 6) is 1.52. The number of thioether (sulfide) groups is 1. The van der Waals surface area contributed by atoms with Crippen molar-refractivity contribution in [3.63, 3.8) is 0 Å². The molecule has 0 bridgehead atoms. The van der Waals surface area contributed by atoms with Crippen molar-refractivity contribution in [2.24, 2.45) is 0 Å². The van der Waals surface area contributed by atoms with Crippen LogP contribution in [0.15, 0.2) is 61.3 Å². The van der Waals surface area contributed by atoms with Gasteiger partial charge in [0.1, 0.15) is 17.1 Å². The number of methoxy groups -OCH3 is 1. The minimum absolute atomic E-state index is 0.0822. The number of fused-ring (bicyclic) bond motifs is 1. The molecule has 0 radical (unpaired) electrons. The standard InChI is InChI=1S/C20H16N2O5S/c1-11-15(23)8-7-13-12(9-17(24)26-18(11)13)10-28-20-22-21-19(27-20)14-5-3-4-6-16(14)25-2/h3-9,23H,10H2,1-2H3. The van der Waals surface area contributed by atoms with Crippen molar-refractivity contribution in [3.05, 3.63) is 64.0 Å². The van der Waals surface area contributed by atoms with Crippen LogP contribution in [-0.2, 0) is 5.75 Å². The fourth-order valence-corrected chi connectivity index (χ4v) is 3.63. The first-order valence-corrected chi connectivity index (χ1v) is 9.40. The summed E-state index contributed by atoms with van der Waals surface area (Å²) in [5.41, 5.74) is 1.90. The molecule has 28 heavy (non-hydrogen) atoms. The minimum Gasteiger partial charge on any atom is -0.508 e. The van der Waals surface area contributed by atoms with E-state index in [0.29, 0.717) is 39.3 Å².